The largest absolute Gasteiger partial charge is 0.481 e. The van der Waals surface area contributed by atoms with Crippen LogP contribution in [0.3, 0.4) is 0 Å². The lowest BCUT2D eigenvalue weighted by atomic mass is 9.87. The minimum atomic E-state index is -5.59. The highest BCUT2D eigenvalue weighted by atomic mass is 32.2. The number of nitrogens with zero attached hydrogens (tertiary/aromatic N) is 4. The predicted octanol–water partition coefficient (Wildman–Crippen LogP) is -1.69. The van der Waals surface area contributed by atoms with E-state index in [0.717, 1.165) is 35.1 Å². The highest BCUT2D eigenvalue weighted by molar-refractivity contribution is 8.14. The number of nitrogens with two attached hydrogens (primary N) is 1. The zero-order valence-electron chi connectivity index (χ0n) is 28.6. The molecule has 0 bridgehead atoms. The SMILES string of the molecule is CC(C)(COP(=O)(O)OP(=O)(O)OC[C@H]1O[C@@H](n2cnc3c(N)ncnc32)[C@H](O)[C@@H]1OP(=O)(O)O)[C@@H](O)C(=O)NCCC(=O)NCCSC(=O)C=CC(=O)O. The summed E-state index contributed by atoms with van der Waals surface area (Å²) in [4.78, 5) is 97.1. The van der Waals surface area contributed by atoms with E-state index in [1.807, 2.05) is 0 Å². The van der Waals surface area contributed by atoms with Gasteiger partial charge < -0.3 is 56.0 Å². The Bertz CT molecular complexity index is 1890. The molecule has 0 saturated carbocycles. The number of ether oxygens (including phenoxy) is 1. The summed E-state index contributed by atoms with van der Waals surface area (Å²) in [6.45, 7) is 0.151. The quantitative estimate of drug-likeness (QED) is 0.0380. The molecule has 3 heterocycles. The van der Waals surface area contributed by atoms with Crippen LogP contribution in [-0.4, -0.2) is 134 Å². The number of carboxylic acid groups (broad SMARTS) is 1. The van der Waals surface area contributed by atoms with Gasteiger partial charge in [-0.25, -0.2) is 33.4 Å². The molecule has 0 aliphatic carbocycles. The number of hydrogen-bond donors (Lipinski definition) is 10. The molecule has 0 spiro atoms. The summed E-state index contributed by atoms with van der Waals surface area (Å²) in [6.07, 6.45) is -5.59. The van der Waals surface area contributed by atoms with Crippen LogP contribution in [0.15, 0.2) is 24.8 Å². The molecule has 1 fully saturated rings. The second-order valence-electron chi connectivity index (χ2n) is 11.9. The van der Waals surface area contributed by atoms with E-state index >= 15 is 0 Å². The van der Waals surface area contributed by atoms with E-state index in [2.05, 4.69) is 34.4 Å². The molecule has 55 heavy (non-hydrogen) atoms. The van der Waals surface area contributed by atoms with Crippen LogP contribution < -0.4 is 16.4 Å². The van der Waals surface area contributed by atoms with Crippen LogP contribution in [-0.2, 0) is 55.5 Å². The third-order valence-electron chi connectivity index (χ3n) is 7.11. The van der Waals surface area contributed by atoms with Crippen LogP contribution in [0.5, 0.6) is 0 Å². The van der Waals surface area contributed by atoms with Gasteiger partial charge in [-0.15, -0.1) is 0 Å². The highest BCUT2D eigenvalue weighted by Crippen LogP contribution is 2.61. The van der Waals surface area contributed by atoms with Crippen molar-refractivity contribution in [3.63, 3.8) is 0 Å². The molecule has 3 rings (SSSR count). The van der Waals surface area contributed by atoms with Crippen molar-refractivity contribution in [2.75, 3.05) is 37.8 Å². The number of rotatable bonds is 21. The third-order valence-corrected chi connectivity index (χ3v) is 11.0. The standard InChI is InChI=1S/C25H38N7O19P3S/c1-25(2,20(38)23(39)28-6-5-14(33)27-7-8-55-16(36)4-3-15(34)35)10-48-54(45,46)51-53(43,44)47-9-13-19(50-52(40,41)42)18(37)24(49-13)32-12-31-17-21(26)29-11-30-22(17)32/h3-4,11-13,18-20,24,37-38H,5-10H2,1-2H3,(H,27,33)(H,28,39)(H,34,35)(H,43,44)(H,45,46)(H2,26,29,30)(H2,40,41,42)/t13-,18-,19-,20+,24-/m1/s1. The van der Waals surface area contributed by atoms with E-state index < -0.39 is 95.6 Å². The minimum Gasteiger partial charge on any atom is -0.478 e. The Morgan fingerprint density at radius 2 is 1.73 bits per heavy atom. The third kappa shape index (κ3) is 14.3. The zero-order chi connectivity index (χ0) is 41.4. The molecule has 308 valence electrons. The summed E-state index contributed by atoms with van der Waals surface area (Å²) >= 11 is 0.762. The van der Waals surface area contributed by atoms with Crippen molar-refractivity contribution in [3.05, 3.63) is 24.8 Å². The van der Waals surface area contributed by atoms with E-state index in [1.54, 1.807) is 0 Å². The number of imidazole rings is 1. The lowest BCUT2D eigenvalue weighted by molar-refractivity contribution is -0.137. The van der Waals surface area contributed by atoms with Crippen LogP contribution >= 0.6 is 35.2 Å². The number of nitrogen functional groups attached to an aromatic ring is 1. The number of thioether (sulfide) groups is 1. The molecule has 0 radical (unpaired) electrons. The fourth-order valence-electron chi connectivity index (χ4n) is 4.47. The maximum absolute atomic E-state index is 12.6. The first-order valence-electron chi connectivity index (χ1n) is 15.4. The van der Waals surface area contributed by atoms with Gasteiger partial charge in [-0.1, -0.05) is 25.6 Å². The number of hydrogen-bond acceptors (Lipinski definition) is 19. The Kier molecular flexibility index (Phi) is 16.2. The predicted molar refractivity (Wildman–Crippen MR) is 184 cm³/mol. The van der Waals surface area contributed by atoms with E-state index in [0.29, 0.717) is 6.08 Å². The normalized spacial score (nSPS) is 21.9. The molecule has 2 aromatic heterocycles. The first kappa shape index (κ1) is 46.2. The lowest BCUT2D eigenvalue weighted by Gasteiger charge is -2.30. The van der Waals surface area contributed by atoms with Crippen molar-refractivity contribution in [2.45, 2.75) is 50.9 Å². The van der Waals surface area contributed by atoms with Crippen molar-refractivity contribution in [1.82, 2.24) is 30.2 Å². The maximum atomic E-state index is 12.6. The topological polar surface area (TPSA) is 401 Å². The Labute approximate surface area is 314 Å². The van der Waals surface area contributed by atoms with E-state index in [1.165, 1.54) is 13.8 Å². The molecule has 30 heteroatoms. The Hall–Kier alpha value is -3.23. The number of amides is 2. The van der Waals surface area contributed by atoms with Gasteiger partial charge in [-0.3, -0.25) is 32.5 Å². The summed E-state index contributed by atoms with van der Waals surface area (Å²) in [5.41, 5.74) is 4.19. The molecule has 0 aromatic carbocycles. The van der Waals surface area contributed by atoms with Crippen molar-refractivity contribution in [1.29, 1.82) is 0 Å². The summed E-state index contributed by atoms with van der Waals surface area (Å²) in [7, 11) is -16.4. The molecule has 1 aliphatic rings. The molecule has 26 nitrogen and oxygen atoms in total. The Balaban J connectivity index is 1.50. The number of fused-ring (bicyclic) bond motifs is 1. The second-order valence-corrected chi connectivity index (χ2v) is 17.2. The fraction of sp³-hybridized carbons (Fsp3) is 0.560. The summed E-state index contributed by atoms with van der Waals surface area (Å²) < 4.78 is 61.9. The van der Waals surface area contributed by atoms with Gasteiger partial charge in [0.05, 0.1) is 19.5 Å². The molecule has 1 aliphatic heterocycles. The molecule has 2 amide bonds. The van der Waals surface area contributed by atoms with Crippen molar-refractivity contribution in [3.8, 4) is 0 Å². The van der Waals surface area contributed by atoms with Crippen molar-refractivity contribution >= 4 is 75.1 Å². The number of carbonyl (C=O) groups is 4. The van der Waals surface area contributed by atoms with Gasteiger partial charge in [0.1, 0.15) is 36.3 Å². The number of nitrogens with one attached hydrogen (secondary N) is 2. The number of carboxylic acids is 1. The summed E-state index contributed by atoms with van der Waals surface area (Å²) in [5.74, 6) is -2.77. The first-order chi connectivity index (χ1) is 25.4. The van der Waals surface area contributed by atoms with E-state index in [9.17, 15) is 62.7 Å². The monoisotopic (exact) mass is 865 g/mol. The summed E-state index contributed by atoms with van der Waals surface area (Å²) in [6, 6.07) is 0. The smallest absolute Gasteiger partial charge is 0.478 e. The van der Waals surface area contributed by atoms with Crippen LogP contribution in [0, 0.1) is 5.41 Å². The van der Waals surface area contributed by atoms with Gasteiger partial charge >= 0.3 is 29.4 Å². The zero-order valence-corrected chi connectivity index (χ0v) is 32.1. The van der Waals surface area contributed by atoms with Crippen LogP contribution in [0.4, 0.5) is 5.82 Å². The first-order valence-corrected chi connectivity index (χ1v) is 20.9. The number of aliphatic hydroxyl groups excluding tert-OH is 2. The number of phosphoric acid groups is 3. The molecular formula is C25H38N7O19P3S. The molecule has 7 atom stereocenters. The highest BCUT2D eigenvalue weighted by Gasteiger charge is 2.50. The number of phosphoric ester groups is 3. The molecule has 1 saturated heterocycles. The van der Waals surface area contributed by atoms with Crippen molar-refractivity contribution in [2.24, 2.45) is 5.41 Å². The van der Waals surface area contributed by atoms with Gasteiger partial charge in [0.2, 0.25) is 16.9 Å². The van der Waals surface area contributed by atoms with Gasteiger partial charge in [-0.05, 0) is 6.08 Å². The van der Waals surface area contributed by atoms with Crippen LogP contribution in [0.1, 0.15) is 26.5 Å². The van der Waals surface area contributed by atoms with E-state index in [4.69, 9.17) is 24.6 Å². The average Bonchev–Trinajstić information content (AvgIpc) is 3.63. The fourth-order valence-corrected chi connectivity index (χ4v) is 7.87. The molecule has 2 aromatic rings. The number of aliphatic hydroxyl groups is 2. The van der Waals surface area contributed by atoms with Gasteiger partial charge in [-0.2, -0.15) is 4.31 Å². The minimum absolute atomic E-state index is 0.0182. The number of anilines is 1. The Morgan fingerprint density at radius 1 is 1.05 bits per heavy atom. The average molecular weight is 866 g/mol. The van der Waals surface area contributed by atoms with Crippen LogP contribution in [0.2, 0.25) is 0 Å². The van der Waals surface area contributed by atoms with E-state index in [-0.39, 0.29) is 42.2 Å². The number of aromatic nitrogens is 4. The van der Waals surface area contributed by atoms with Gasteiger partial charge in [0.25, 0.3) is 0 Å². The van der Waals surface area contributed by atoms with Gasteiger partial charge in [0.15, 0.2) is 17.7 Å². The molecular weight excluding hydrogens is 827 g/mol. The lowest BCUT2D eigenvalue weighted by Crippen LogP contribution is -2.46. The van der Waals surface area contributed by atoms with Gasteiger partial charge in [0, 0.05) is 36.8 Å². The van der Waals surface area contributed by atoms with Crippen LogP contribution in [0.25, 0.3) is 11.2 Å². The summed E-state index contributed by atoms with van der Waals surface area (Å²) in [5, 5.41) is 34.1. The molecule has 11 N–H and O–H groups in total. The second kappa shape index (κ2) is 19.3. The molecule has 2 unspecified atom stereocenters. The maximum Gasteiger partial charge on any atom is 0.481 e. The Morgan fingerprint density at radius 3 is 2.38 bits per heavy atom. The van der Waals surface area contributed by atoms with Crippen molar-refractivity contribution < 1.29 is 90.4 Å². The number of aliphatic carboxylic acids is 1. The number of carbonyl (C=O) groups excluding carboxylic acids is 3.